The Labute approximate surface area is 138 Å². The number of hydrogen-bond donors (Lipinski definition) is 0. The molecule has 0 aliphatic carbocycles. The van der Waals surface area contributed by atoms with Crippen LogP contribution in [-0.4, -0.2) is 33.9 Å². The zero-order chi connectivity index (χ0) is 17.0. The van der Waals surface area contributed by atoms with E-state index in [1.807, 2.05) is 20.8 Å². The molecule has 2 unspecified atom stereocenters. The van der Waals surface area contributed by atoms with Crippen LogP contribution in [0.2, 0.25) is 6.04 Å². The van der Waals surface area contributed by atoms with E-state index in [4.69, 9.17) is 13.3 Å². The fraction of sp³-hybridized carbons (Fsp3) is 0.941. The van der Waals surface area contributed by atoms with Gasteiger partial charge in [0.1, 0.15) is 6.10 Å². The predicted octanol–water partition coefficient (Wildman–Crippen LogP) is 4.60. The Morgan fingerprint density at radius 3 is 2.00 bits per heavy atom. The van der Waals surface area contributed by atoms with Crippen LogP contribution in [0.15, 0.2) is 0 Å². The van der Waals surface area contributed by atoms with E-state index in [0.717, 1.165) is 31.7 Å². The summed E-state index contributed by atoms with van der Waals surface area (Å²) in [7, 11) is -2.72. The SMILES string of the molecule is CCCC(CC)CC(=O)C(C)O[Si](CCC)(OCC)OCC. The van der Waals surface area contributed by atoms with Crippen LogP contribution in [-0.2, 0) is 18.1 Å². The molecule has 22 heavy (non-hydrogen) atoms. The summed E-state index contributed by atoms with van der Waals surface area (Å²) in [5, 5.41) is 0. The number of carbonyl (C=O) groups excluding carboxylic acids is 1. The average Bonchev–Trinajstić information content (AvgIpc) is 2.47. The molecule has 0 aliphatic heterocycles. The second kappa shape index (κ2) is 12.2. The van der Waals surface area contributed by atoms with E-state index >= 15 is 0 Å². The summed E-state index contributed by atoms with van der Waals surface area (Å²) >= 11 is 0. The molecular weight excluding hydrogens is 296 g/mol. The van der Waals surface area contributed by atoms with E-state index in [1.165, 1.54) is 0 Å². The van der Waals surface area contributed by atoms with Gasteiger partial charge in [-0.25, -0.2) is 0 Å². The molecule has 0 N–H and O–H groups in total. The van der Waals surface area contributed by atoms with Crippen LogP contribution >= 0.6 is 0 Å². The first-order valence-electron chi connectivity index (χ1n) is 8.96. The summed E-state index contributed by atoms with van der Waals surface area (Å²) in [5.74, 6) is 0.637. The summed E-state index contributed by atoms with van der Waals surface area (Å²) in [6.45, 7) is 13.2. The Balaban J connectivity index is 4.77. The average molecular weight is 333 g/mol. The van der Waals surface area contributed by atoms with Gasteiger partial charge in [-0.3, -0.25) is 4.79 Å². The van der Waals surface area contributed by atoms with Crippen LogP contribution < -0.4 is 0 Å². The van der Waals surface area contributed by atoms with Gasteiger partial charge in [-0.15, -0.1) is 0 Å². The molecule has 0 rings (SSSR count). The molecule has 0 spiro atoms. The Hall–Kier alpha value is -0.233. The van der Waals surface area contributed by atoms with Gasteiger partial charge in [0.05, 0.1) is 0 Å². The van der Waals surface area contributed by atoms with Crippen LogP contribution in [0, 0.1) is 5.92 Å². The molecular formula is C17H36O4Si. The molecule has 132 valence electrons. The number of hydrogen-bond acceptors (Lipinski definition) is 4. The van der Waals surface area contributed by atoms with Crippen molar-refractivity contribution in [2.45, 2.75) is 85.8 Å². The molecule has 0 fully saturated rings. The van der Waals surface area contributed by atoms with Crippen LogP contribution in [0.5, 0.6) is 0 Å². The lowest BCUT2D eigenvalue weighted by Gasteiger charge is -2.31. The summed E-state index contributed by atoms with van der Waals surface area (Å²) in [4.78, 5) is 12.5. The highest BCUT2D eigenvalue weighted by Gasteiger charge is 2.42. The number of ketones is 1. The van der Waals surface area contributed by atoms with Crippen LogP contribution in [0.1, 0.15) is 73.6 Å². The van der Waals surface area contributed by atoms with Crippen molar-refractivity contribution in [3.8, 4) is 0 Å². The zero-order valence-electron chi connectivity index (χ0n) is 15.4. The van der Waals surface area contributed by atoms with Gasteiger partial charge in [-0.1, -0.05) is 46.5 Å². The summed E-state index contributed by atoms with van der Waals surface area (Å²) in [6, 6.07) is 0.762. The van der Waals surface area contributed by atoms with Crippen molar-refractivity contribution in [2.24, 2.45) is 5.92 Å². The van der Waals surface area contributed by atoms with Crippen molar-refractivity contribution in [1.29, 1.82) is 0 Å². The first-order valence-corrected chi connectivity index (χ1v) is 10.9. The monoisotopic (exact) mass is 332 g/mol. The van der Waals surface area contributed by atoms with Crippen LogP contribution in [0.3, 0.4) is 0 Å². The minimum atomic E-state index is -2.72. The van der Waals surface area contributed by atoms with Gasteiger partial charge in [0.15, 0.2) is 5.78 Å². The van der Waals surface area contributed by atoms with E-state index in [9.17, 15) is 4.79 Å². The largest absolute Gasteiger partial charge is 0.501 e. The topological polar surface area (TPSA) is 44.8 Å². The summed E-state index contributed by atoms with van der Waals surface area (Å²) < 4.78 is 17.8. The third-order valence-corrected chi connectivity index (χ3v) is 7.14. The van der Waals surface area contributed by atoms with E-state index in [1.54, 1.807) is 0 Å². The minimum Gasteiger partial charge on any atom is -0.374 e. The lowest BCUT2D eigenvalue weighted by Crippen LogP contribution is -2.49. The highest BCUT2D eigenvalue weighted by Crippen LogP contribution is 2.23. The Bertz CT molecular complexity index is 279. The van der Waals surface area contributed by atoms with Gasteiger partial charge in [0.2, 0.25) is 0 Å². The summed E-state index contributed by atoms with van der Waals surface area (Å²) in [5.41, 5.74) is 0. The molecule has 0 aromatic heterocycles. The van der Waals surface area contributed by atoms with Gasteiger partial charge in [0.25, 0.3) is 0 Å². The molecule has 0 heterocycles. The van der Waals surface area contributed by atoms with Crippen LogP contribution in [0.25, 0.3) is 0 Å². The molecule has 0 bridgehead atoms. The highest BCUT2D eigenvalue weighted by molar-refractivity contribution is 6.60. The minimum absolute atomic E-state index is 0.174. The third-order valence-electron chi connectivity index (χ3n) is 3.86. The lowest BCUT2D eigenvalue weighted by molar-refractivity contribution is -0.128. The van der Waals surface area contributed by atoms with E-state index < -0.39 is 14.9 Å². The molecule has 0 saturated heterocycles. The van der Waals surface area contributed by atoms with Gasteiger partial charge in [0, 0.05) is 25.7 Å². The first kappa shape index (κ1) is 21.8. The maximum atomic E-state index is 12.5. The molecule has 0 aromatic rings. The first-order chi connectivity index (χ1) is 10.5. The standard InChI is InChI=1S/C17H36O4Si/c1-7-12-16(9-3)14-17(18)15(6)21-22(13-8-2,19-10-4)20-11-5/h15-16H,7-14H2,1-6H3. The molecule has 0 aromatic carbocycles. The van der Waals surface area contributed by atoms with Crippen molar-refractivity contribution in [3.63, 3.8) is 0 Å². The van der Waals surface area contributed by atoms with Gasteiger partial charge >= 0.3 is 8.80 Å². The second-order valence-electron chi connectivity index (χ2n) is 5.79. The van der Waals surface area contributed by atoms with Crippen molar-refractivity contribution >= 4 is 14.6 Å². The van der Waals surface area contributed by atoms with E-state index in [-0.39, 0.29) is 5.78 Å². The Morgan fingerprint density at radius 1 is 1.00 bits per heavy atom. The highest BCUT2D eigenvalue weighted by atomic mass is 28.4. The molecule has 0 aliphatic rings. The van der Waals surface area contributed by atoms with Crippen LogP contribution in [0.4, 0.5) is 0 Å². The summed E-state index contributed by atoms with van der Waals surface area (Å²) in [6.07, 6.45) is 4.35. The number of Topliss-reactive ketones (excluding diaryl/α,β-unsaturated/α-hetero) is 1. The Kier molecular flexibility index (Phi) is 12.1. The zero-order valence-corrected chi connectivity index (χ0v) is 16.4. The smallest absolute Gasteiger partial charge is 0.374 e. The van der Waals surface area contributed by atoms with Gasteiger partial charge < -0.3 is 13.3 Å². The normalized spacial score (nSPS) is 14.8. The fourth-order valence-electron chi connectivity index (χ4n) is 2.70. The van der Waals surface area contributed by atoms with E-state index in [2.05, 4.69) is 20.8 Å². The quantitative estimate of drug-likeness (QED) is 0.436. The van der Waals surface area contributed by atoms with Gasteiger partial charge in [-0.2, -0.15) is 0 Å². The van der Waals surface area contributed by atoms with Gasteiger partial charge in [-0.05, 0) is 26.7 Å². The molecule has 5 heteroatoms. The van der Waals surface area contributed by atoms with E-state index in [0.29, 0.717) is 25.6 Å². The molecule has 4 nitrogen and oxygen atoms in total. The van der Waals surface area contributed by atoms with Crippen molar-refractivity contribution in [2.75, 3.05) is 13.2 Å². The molecule has 0 saturated carbocycles. The maximum absolute atomic E-state index is 12.5. The number of carbonyl (C=O) groups is 1. The van der Waals surface area contributed by atoms with Crippen molar-refractivity contribution in [1.82, 2.24) is 0 Å². The molecule has 0 amide bonds. The second-order valence-corrected chi connectivity index (χ2v) is 8.47. The molecule has 0 radical (unpaired) electrons. The molecule has 2 atom stereocenters. The fourth-order valence-corrected chi connectivity index (χ4v) is 5.49. The Morgan fingerprint density at radius 2 is 1.59 bits per heavy atom. The van der Waals surface area contributed by atoms with Crippen molar-refractivity contribution < 1.29 is 18.1 Å². The number of rotatable bonds is 14. The maximum Gasteiger partial charge on any atom is 0.501 e. The predicted molar refractivity (Wildman–Crippen MR) is 93.0 cm³/mol. The third kappa shape index (κ3) is 7.86. The van der Waals surface area contributed by atoms with Crippen molar-refractivity contribution in [3.05, 3.63) is 0 Å². The lowest BCUT2D eigenvalue weighted by atomic mass is 9.93.